The van der Waals surface area contributed by atoms with Crippen LogP contribution in [0.25, 0.3) is 0 Å². The van der Waals surface area contributed by atoms with E-state index in [-0.39, 0.29) is 17.9 Å². The van der Waals surface area contributed by atoms with Gasteiger partial charge in [0.1, 0.15) is 0 Å². The number of hydrogen-bond donors (Lipinski definition) is 1. The van der Waals surface area contributed by atoms with Crippen LogP contribution >= 0.6 is 0 Å². The van der Waals surface area contributed by atoms with Crippen LogP contribution in [0.15, 0.2) is 41.3 Å². The van der Waals surface area contributed by atoms with E-state index in [2.05, 4.69) is 0 Å². The minimum Gasteiger partial charge on any atom is -0.478 e. The summed E-state index contributed by atoms with van der Waals surface area (Å²) in [4.78, 5) is 22.6. The van der Waals surface area contributed by atoms with Gasteiger partial charge < -0.3 is 19.1 Å². The summed E-state index contributed by atoms with van der Waals surface area (Å²) in [6.45, 7) is 0.702. The van der Waals surface area contributed by atoms with Gasteiger partial charge in [-0.2, -0.15) is 0 Å². The largest absolute Gasteiger partial charge is 0.478 e. The number of aromatic carboxylic acids is 1. The fourth-order valence-electron chi connectivity index (χ4n) is 2.17. The second-order valence-corrected chi connectivity index (χ2v) is 4.69. The van der Waals surface area contributed by atoms with E-state index in [0.29, 0.717) is 18.7 Å². The Morgan fingerprint density at radius 2 is 2.00 bits per heavy atom. The first-order valence-electron chi connectivity index (χ1n) is 6.46. The predicted molar refractivity (Wildman–Crippen MR) is 73.9 cm³/mol. The topological polar surface area (TPSA) is 77.8 Å². The maximum atomic E-state index is 11.8. The van der Waals surface area contributed by atoms with Crippen molar-refractivity contribution in [2.45, 2.75) is 13.0 Å². The maximum absolute atomic E-state index is 11.8. The number of aryl methyl sites for hydroxylation is 2. The highest BCUT2D eigenvalue weighted by molar-refractivity contribution is 5.87. The summed E-state index contributed by atoms with van der Waals surface area (Å²) in [5.74, 6) is 0.331. The summed E-state index contributed by atoms with van der Waals surface area (Å²) in [5, 5.41) is 8.82. The van der Waals surface area contributed by atoms with Gasteiger partial charge in [0, 0.05) is 18.8 Å². The molecule has 0 atom stereocenters. The smallest absolute Gasteiger partial charge is 0.335 e. The number of carboxylic acid groups (broad SMARTS) is 1. The van der Waals surface area contributed by atoms with Crippen LogP contribution in [0, 0.1) is 0 Å². The molecule has 6 heteroatoms. The summed E-state index contributed by atoms with van der Waals surface area (Å²) in [6.07, 6.45) is 2.14. The average molecular weight is 287 g/mol. The number of aromatic nitrogens is 1. The van der Waals surface area contributed by atoms with Gasteiger partial charge in [-0.15, -0.1) is 0 Å². The standard InChI is InChI=1S/C15H13NO5/c17-14-8-11(15(18)19)4-6-16(14)5-3-10-1-2-12-13(7-10)21-9-20-12/h1-2,4,6-8H,3,5,9H2,(H,18,19). The number of rotatable bonds is 4. The summed E-state index contributed by atoms with van der Waals surface area (Å²) in [5.41, 5.74) is 0.698. The second kappa shape index (κ2) is 5.32. The molecule has 1 aliphatic heterocycles. The summed E-state index contributed by atoms with van der Waals surface area (Å²) in [6, 6.07) is 8.20. The van der Waals surface area contributed by atoms with Crippen LogP contribution in [0.3, 0.4) is 0 Å². The highest BCUT2D eigenvalue weighted by Crippen LogP contribution is 2.32. The summed E-state index contributed by atoms with van der Waals surface area (Å²) in [7, 11) is 0. The van der Waals surface area contributed by atoms with Crippen molar-refractivity contribution in [1.82, 2.24) is 4.57 Å². The van der Waals surface area contributed by atoms with Crippen molar-refractivity contribution in [1.29, 1.82) is 0 Å². The Morgan fingerprint density at radius 3 is 2.76 bits per heavy atom. The Balaban J connectivity index is 1.73. The van der Waals surface area contributed by atoms with Crippen molar-refractivity contribution in [2.75, 3.05) is 6.79 Å². The first-order chi connectivity index (χ1) is 10.1. The minimum atomic E-state index is -1.10. The van der Waals surface area contributed by atoms with Gasteiger partial charge >= 0.3 is 5.97 Å². The Hall–Kier alpha value is -2.76. The molecule has 1 aromatic heterocycles. The fraction of sp³-hybridized carbons (Fsp3) is 0.200. The predicted octanol–water partition coefficient (Wildman–Crippen LogP) is 1.52. The quantitative estimate of drug-likeness (QED) is 0.922. The van der Waals surface area contributed by atoms with Crippen molar-refractivity contribution in [3.63, 3.8) is 0 Å². The van der Waals surface area contributed by atoms with Gasteiger partial charge in [-0.05, 0) is 30.2 Å². The number of pyridine rings is 1. The van der Waals surface area contributed by atoms with E-state index >= 15 is 0 Å². The lowest BCUT2D eigenvalue weighted by molar-refractivity contribution is 0.0696. The first-order valence-corrected chi connectivity index (χ1v) is 6.46. The molecule has 0 fully saturated rings. The van der Waals surface area contributed by atoms with Gasteiger partial charge in [-0.1, -0.05) is 6.07 Å². The molecule has 1 aromatic carbocycles. The zero-order chi connectivity index (χ0) is 14.8. The molecule has 0 unspecified atom stereocenters. The molecule has 0 bridgehead atoms. The summed E-state index contributed by atoms with van der Waals surface area (Å²) >= 11 is 0. The van der Waals surface area contributed by atoms with Crippen LogP contribution < -0.4 is 15.0 Å². The molecule has 6 nitrogen and oxygen atoms in total. The Morgan fingerprint density at radius 1 is 1.19 bits per heavy atom. The van der Waals surface area contributed by atoms with E-state index < -0.39 is 5.97 Å². The minimum absolute atomic E-state index is 0.000621. The van der Waals surface area contributed by atoms with Crippen LogP contribution in [0.4, 0.5) is 0 Å². The van der Waals surface area contributed by atoms with E-state index in [9.17, 15) is 9.59 Å². The zero-order valence-corrected chi connectivity index (χ0v) is 11.1. The molecule has 0 spiro atoms. The molecule has 2 heterocycles. The van der Waals surface area contributed by atoms with Crippen molar-refractivity contribution in [3.05, 3.63) is 58.0 Å². The van der Waals surface area contributed by atoms with Crippen LogP contribution in [0.1, 0.15) is 15.9 Å². The third-order valence-electron chi connectivity index (χ3n) is 3.32. The van der Waals surface area contributed by atoms with Crippen molar-refractivity contribution < 1.29 is 19.4 Å². The molecular formula is C15H13NO5. The molecule has 0 amide bonds. The SMILES string of the molecule is O=C(O)c1ccn(CCc2ccc3c(c2)OCO3)c(=O)c1. The molecule has 21 heavy (non-hydrogen) atoms. The molecule has 0 aliphatic carbocycles. The molecule has 0 radical (unpaired) electrons. The van der Waals surface area contributed by atoms with Crippen molar-refractivity contribution in [2.24, 2.45) is 0 Å². The van der Waals surface area contributed by atoms with Gasteiger partial charge in [-0.25, -0.2) is 4.79 Å². The van der Waals surface area contributed by atoms with E-state index in [4.69, 9.17) is 14.6 Å². The average Bonchev–Trinajstić information content (AvgIpc) is 2.93. The molecule has 2 aromatic rings. The lowest BCUT2D eigenvalue weighted by Crippen LogP contribution is -2.21. The number of ether oxygens (including phenoxy) is 2. The second-order valence-electron chi connectivity index (χ2n) is 4.69. The Bertz CT molecular complexity index is 750. The van der Waals surface area contributed by atoms with Gasteiger partial charge in [0.25, 0.3) is 5.56 Å². The number of hydrogen-bond acceptors (Lipinski definition) is 4. The fourth-order valence-corrected chi connectivity index (χ4v) is 2.17. The molecule has 0 saturated carbocycles. The third-order valence-corrected chi connectivity index (χ3v) is 3.32. The van der Waals surface area contributed by atoms with Gasteiger partial charge in [-0.3, -0.25) is 4.79 Å². The normalized spacial score (nSPS) is 12.4. The highest BCUT2D eigenvalue weighted by Gasteiger charge is 2.13. The molecule has 108 valence electrons. The number of carboxylic acids is 1. The zero-order valence-electron chi connectivity index (χ0n) is 11.1. The lowest BCUT2D eigenvalue weighted by Gasteiger charge is -2.07. The van der Waals surface area contributed by atoms with E-state index in [1.54, 1.807) is 0 Å². The molecule has 1 N–H and O–H groups in total. The van der Waals surface area contributed by atoms with Crippen molar-refractivity contribution in [3.8, 4) is 11.5 Å². The monoisotopic (exact) mass is 287 g/mol. The van der Waals surface area contributed by atoms with Gasteiger partial charge in [0.15, 0.2) is 11.5 Å². The highest BCUT2D eigenvalue weighted by atomic mass is 16.7. The Kier molecular flexibility index (Phi) is 3.35. The summed E-state index contributed by atoms with van der Waals surface area (Å²) < 4.78 is 12.0. The number of fused-ring (bicyclic) bond motifs is 1. The van der Waals surface area contributed by atoms with Gasteiger partial charge in [0.05, 0.1) is 5.56 Å². The number of carbonyl (C=O) groups is 1. The number of nitrogens with zero attached hydrogens (tertiary/aromatic N) is 1. The molecular weight excluding hydrogens is 274 g/mol. The lowest BCUT2D eigenvalue weighted by atomic mass is 10.1. The molecule has 0 saturated heterocycles. The van der Waals surface area contributed by atoms with Crippen LogP contribution in [-0.2, 0) is 13.0 Å². The van der Waals surface area contributed by atoms with Crippen LogP contribution in [-0.4, -0.2) is 22.4 Å². The van der Waals surface area contributed by atoms with E-state index in [1.807, 2.05) is 18.2 Å². The van der Waals surface area contributed by atoms with E-state index in [1.165, 1.54) is 16.8 Å². The van der Waals surface area contributed by atoms with E-state index in [0.717, 1.165) is 17.4 Å². The number of benzene rings is 1. The van der Waals surface area contributed by atoms with Crippen LogP contribution in [0.2, 0.25) is 0 Å². The Labute approximate surface area is 120 Å². The van der Waals surface area contributed by atoms with Crippen molar-refractivity contribution >= 4 is 5.97 Å². The molecule has 1 aliphatic rings. The maximum Gasteiger partial charge on any atom is 0.335 e. The van der Waals surface area contributed by atoms with Crippen LogP contribution in [0.5, 0.6) is 11.5 Å². The van der Waals surface area contributed by atoms with Gasteiger partial charge in [0.2, 0.25) is 6.79 Å². The third kappa shape index (κ3) is 2.74. The molecule has 3 rings (SSSR count). The first kappa shape index (κ1) is 13.2.